The molecule has 0 aliphatic carbocycles. The average molecular weight is 292 g/mol. The van der Waals surface area contributed by atoms with Gasteiger partial charge in [-0.25, -0.2) is 0 Å². The van der Waals surface area contributed by atoms with Gasteiger partial charge in [0.05, 0.1) is 11.0 Å². The van der Waals surface area contributed by atoms with E-state index in [1.807, 2.05) is 24.3 Å². The first-order valence-corrected chi connectivity index (χ1v) is 5.91. The third kappa shape index (κ3) is 4.69. The number of halogens is 2. The van der Waals surface area contributed by atoms with Crippen molar-refractivity contribution in [3.8, 4) is 5.75 Å². The summed E-state index contributed by atoms with van der Waals surface area (Å²) >= 11 is 9.21. The molecule has 0 radical (unpaired) electrons. The third-order valence-corrected chi connectivity index (χ3v) is 2.66. The monoisotopic (exact) mass is 290 g/mol. The normalized spacial score (nSPS) is 10.0. The van der Waals surface area contributed by atoms with Gasteiger partial charge in [-0.05, 0) is 40.2 Å². The Morgan fingerprint density at radius 2 is 2.33 bits per heavy atom. The first-order valence-electron chi connectivity index (χ1n) is 4.74. The van der Waals surface area contributed by atoms with Crippen LogP contribution in [0.25, 0.3) is 0 Å². The van der Waals surface area contributed by atoms with Crippen LogP contribution in [0.4, 0.5) is 0 Å². The standard InChI is InChI=1S/C11H13BrClNO/c1-2-5-14-6-7-15-11-4-3-9(13)8-10(11)12/h2-4,8,14H,1,5-7H2/p+1. The summed E-state index contributed by atoms with van der Waals surface area (Å²) in [5.41, 5.74) is 0. The lowest BCUT2D eigenvalue weighted by Gasteiger charge is -2.07. The van der Waals surface area contributed by atoms with Crippen molar-refractivity contribution in [2.75, 3.05) is 19.7 Å². The van der Waals surface area contributed by atoms with Gasteiger partial charge >= 0.3 is 0 Å². The summed E-state index contributed by atoms with van der Waals surface area (Å²) < 4.78 is 6.45. The maximum atomic E-state index is 5.82. The molecular weight excluding hydrogens is 277 g/mol. The Morgan fingerprint density at radius 3 is 3.00 bits per heavy atom. The molecule has 0 aliphatic rings. The molecule has 0 saturated carbocycles. The van der Waals surface area contributed by atoms with Gasteiger partial charge in [0.25, 0.3) is 0 Å². The van der Waals surface area contributed by atoms with Gasteiger partial charge in [0.15, 0.2) is 0 Å². The maximum Gasteiger partial charge on any atom is 0.137 e. The summed E-state index contributed by atoms with van der Waals surface area (Å²) in [5.74, 6) is 0.825. The van der Waals surface area contributed by atoms with Crippen molar-refractivity contribution >= 4 is 27.5 Å². The van der Waals surface area contributed by atoms with E-state index in [1.54, 1.807) is 0 Å². The molecule has 15 heavy (non-hydrogen) atoms. The van der Waals surface area contributed by atoms with Gasteiger partial charge in [-0.1, -0.05) is 18.2 Å². The zero-order valence-electron chi connectivity index (χ0n) is 8.38. The predicted octanol–water partition coefficient (Wildman–Crippen LogP) is 2.23. The van der Waals surface area contributed by atoms with Crippen molar-refractivity contribution in [2.45, 2.75) is 0 Å². The molecule has 1 aromatic carbocycles. The molecule has 0 fully saturated rings. The minimum Gasteiger partial charge on any atom is -0.487 e. The number of hydrogen-bond acceptors (Lipinski definition) is 1. The molecule has 4 heteroatoms. The highest BCUT2D eigenvalue weighted by molar-refractivity contribution is 9.10. The molecule has 1 rings (SSSR count). The van der Waals surface area contributed by atoms with E-state index in [0.29, 0.717) is 11.6 Å². The molecule has 0 heterocycles. The van der Waals surface area contributed by atoms with Crippen LogP contribution in [0.3, 0.4) is 0 Å². The average Bonchev–Trinajstić information content (AvgIpc) is 2.20. The third-order valence-electron chi connectivity index (χ3n) is 1.81. The van der Waals surface area contributed by atoms with Crippen LogP contribution in [-0.2, 0) is 0 Å². The minimum absolute atomic E-state index is 0.675. The van der Waals surface area contributed by atoms with Gasteiger partial charge in [0.2, 0.25) is 0 Å². The second-order valence-electron chi connectivity index (χ2n) is 3.02. The second kappa shape index (κ2) is 6.88. The lowest BCUT2D eigenvalue weighted by Crippen LogP contribution is -2.85. The number of ether oxygens (including phenoxy) is 1. The molecule has 0 bridgehead atoms. The van der Waals surface area contributed by atoms with Gasteiger partial charge < -0.3 is 10.1 Å². The van der Waals surface area contributed by atoms with E-state index in [-0.39, 0.29) is 0 Å². The van der Waals surface area contributed by atoms with E-state index in [2.05, 4.69) is 27.8 Å². The minimum atomic E-state index is 0.675. The Balaban J connectivity index is 2.34. The predicted molar refractivity (Wildman–Crippen MR) is 66.5 cm³/mol. The first kappa shape index (κ1) is 12.6. The Morgan fingerprint density at radius 1 is 1.53 bits per heavy atom. The highest BCUT2D eigenvalue weighted by atomic mass is 79.9. The van der Waals surface area contributed by atoms with Crippen molar-refractivity contribution in [3.63, 3.8) is 0 Å². The largest absolute Gasteiger partial charge is 0.487 e. The van der Waals surface area contributed by atoms with Crippen LogP contribution in [0.15, 0.2) is 35.3 Å². The number of rotatable bonds is 6. The summed E-state index contributed by atoms with van der Waals surface area (Å²) in [6.07, 6.45) is 1.87. The highest BCUT2D eigenvalue weighted by Crippen LogP contribution is 2.27. The molecule has 0 spiro atoms. The van der Waals surface area contributed by atoms with E-state index in [1.165, 1.54) is 0 Å². The van der Waals surface area contributed by atoms with E-state index in [4.69, 9.17) is 16.3 Å². The summed E-state index contributed by atoms with van der Waals surface area (Å²) in [4.78, 5) is 0. The van der Waals surface area contributed by atoms with Crippen LogP contribution >= 0.6 is 27.5 Å². The molecule has 0 aliphatic heterocycles. The zero-order valence-corrected chi connectivity index (χ0v) is 10.7. The van der Waals surface area contributed by atoms with E-state index in [0.717, 1.165) is 23.3 Å². The quantitative estimate of drug-likeness (QED) is 0.631. The molecule has 0 saturated heterocycles. The molecule has 82 valence electrons. The number of quaternary nitrogens is 1. The second-order valence-corrected chi connectivity index (χ2v) is 4.32. The smallest absolute Gasteiger partial charge is 0.137 e. The summed E-state index contributed by atoms with van der Waals surface area (Å²) in [6.45, 7) is 6.16. The first-order chi connectivity index (χ1) is 7.24. The van der Waals surface area contributed by atoms with Crippen LogP contribution in [-0.4, -0.2) is 19.7 Å². The SMILES string of the molecule is C=CC[NH2+]CCOc1ccc(Cl)cc1Br. The van der Waals surface area contributed by atoms with Crippen LogP contribution < -0.4 is 10.1 Å². The topological polar surface area (TPSA) is 25.8 Å². The Bertz CT molecular complexity index is 330. The van der Waals surface area contributed by atoms with E-state index in [9.17, 15) is 0 Å². The number of nitrogens with two attached hydrogens (primary N) is 1. The van der Waals surface area contributed by atoms with Gasteiger partial charge in [-0.2, -0.15) is 0 Å². The highest BCUT2D eigenvalue weighted by Gasteiger charge is 2.01. The fourth-order valence-corrected chi connectivity index (χ4v) is 1.88. The lowest BCUT2D eigenvalue weighted by molar-refractivity contribution is -0.646. The molecule has 1 aromatic rings. The number of hydrogen-bond donors (Lipinski definition) is 1. The molecule has 0 atom stereocenters. The molecular formula is C11H14BrClNO+. The fraction of sp³-hybridized carbons (Fsp3) is 0.273. The fourth-order valence-electron chi connectivity index (χ4n) is 1.08. The van der Waals surface area contributed by atoms with Crippen molar-refractivity contribution in [1.29, 1.82) is 0 Å². The van der Waals surface area contributed by atoms with Crippen molar-refractivity contribution in [3.05, 3.63) is 40.3 Å². The molecule has 2 nitrogen and oxygen atoms in total. The lowest BCUT2D eigenvalue weighted by atomic mass is 10.3. The van der Waals surface area contributed by atoms with Gasteiger partial charge in [-0.15, -0.1) is 0 Å². The van der Waals surface area contributed by atoms with Crippen molar-refractivity contribution in [2.24, 2.45) is 0 Å². The summed E-state index contributed by atoms with van der Waals surface area (Å²) in [6, 6.07) is 5.50. The number of benzene rings is 1. The van der Waals surface area contributed by atoms with Crippen LogP contribution in [0.1, 0.15) is 0 Å². The molecule has 0 unspecified atom stereocenters. The van der Waals surface area contributed by atoms with Gasteiger partial charge in [-0.3, -0.25) is 0 Å². The van der Waals surface area contributed by atoms with E-state index >= 15 is 0 Å². The molecule has 0 aromatic heterocycles. The molecule has 2 N–H and O–H groups in total. The van der Waals surface area contributed by atoms with Crippen molar-refractivity contribution < 1.29 is 10.1 Å². The van der Waals surface area contributed by atoms with Crippen LogP contribution in [0.2, 0.25) is 5.02 Å². The van der Waals surface area contributed by atoms with Gasteiger partial charge in [0, 0.05) is 5.02 Å². The Kier molecular flexibility index (Phi) is 5.76. The Labute approximate surface area is 103 Å². The van der Waals surface area contributed by atoms with Crippen molar-refractivity contribution in [1.82, 2.24) is 0 Å². The Hall–Kier alpha value is -0.510. The van der Waals surface area contributed by atoms with Gasteiger partial charge in [0.1, 0.15) is 18.9 Å². The van der Waals surface area contributed by atoms with Crippen LogP contribution in [0.5, 0.6) is 5.75 Å². The molecule has 0 amide bonds. The maximum absolute atomic E-state index is 5.82. The zero-order chi connectivity index (χ0) is 11.1. The summed E-state index contributed by atoms with van der Waals surface area (Å²) in [7, 11) is 0. The van der Waals surface area contributed by atoms with E-state index < -0.39 is 0 Å². The van der Waals surface area contributed by atoms with Crippen LogP contribution in [0, 0.1) is 0 Å². The summed E-state index contributed by atoms with van der Waals surface area (Å²) in [5, 5.41) is 2.84.